The zero-order valence-electron chi connectivity index (χ0n) is 14.8. The zero-order valence-corrected chi connectivity index (χ0v) is 15.6. The van der Waals surface area contributed by atoms with Crippen molar-refractivity contribution in [3.05, 3.63) is 16.8 Å². The first kappa shape index (κ1) is 17.0. The van der Waals surface area contributed by atoms with Gasteiger partial charge in [0.15, 0.2) is 0 Å². The molecule has 3 fully saturated rings. The fraction of sp³-hybridized carbons (Fsp3) is 0.667. The Labute approximate surface area is 153 Å². The molecule has 0 radical (unpaired) electrons. The minimum atomic E-state index is -0.0405. The molecule has 4 heterocycles. The molecule has 0 saturated carbocycles. The molecule has 3 aliphatic rings. The van der Waals surface area contributed by atoms with Crippen molar-refractivity contribution in [1.82, 2.24) is 14.7 Å². The molecule has 136 valence electrons. The van der Waals surface area contributed by atoms with E-state index in [2.05, 4.69) is 16.8 Å². The summed E-state index contributed by atoms with van der Waals surface area (Å²) in [6.45, 7) is 5.29. The van der Waals surface area contributed by atoms with Crippen molar-refractivity contribution in [1.29, 1.82) is 0 Å². The van der Waals surface area contributed by atoms with Gasteiger partial charge < -0.3 is 9.80 Å². The number of amides is 2. The summed E-state index contributed by atoms with van der Waals surface area (Å²) < 4.78 is 0. The van der Waals surface area contributed by atoms with Gasteiger partial charge in [-0.3, -0.25) is 19.4 Å². The third-order valence-corrected chi connectivity index (χ3v) is 6.65. The highest BCUT2D eigenvalue weighted by Gasteiger charge is 2.48. The number of likely N-dealkylation sites (tertiary alicyclic amines) is 2. The van der Waals surface area contributed by atoms with Gasteiger partial charge in [0, 0.05) is 38.1 Å². The Morgan fingerprint density at radius 2 is 2.04 bits per heavy atom. The number of hydrogen-bond donors (Lipinski definition) is 0. The van der Waals surface area contributed by atoms with Crippen LogP contribution in [0.3, 0.4) is 0 Å². The summed E-state index contributed by atoms with van der Waals surface area (Å²) in [5.74, 6) is 0.428. The average molecular weight is 362 g/mol. The van der Waals surface area contributed by atoms with Crippen LogP contribution in [0.15, 0.2) is 16.8 Å². The molecule has 3 aliphatic heterocycles. The molecule has 1 aromatic heterocycles. The van der Waals surface area contributed by atoms with Gasteiger partial charge in [-0.1, -0.05) is 0 Å². The predicted molar refractivity (Wildman–Crippen MR) is 98.9 cm³/mol. The number of anilines is 1. The van der Waals surface area contributed by atoms with Crippen LogP contribution in [0.2, 0.25) is 0 Å². The fourth-order valence-electron chi connectivity index (χ4n) is 4.38. The van der Waals surface area contributed by atoms with Gasteiger partial charge in [0.2, 0.25) is 11.8 Å². The van der Waals surface area contributed by atoms with Gasteiger partial charge in [0.05, 0.1) is 24.3 Å². The molecule has 1 spiro atoms. The summed E-state index contributed by atoms with van der Waals surface area (Å²) >= 11 is 1.62. The average Bonchev–Trinajstić information content (AvgIpc) is 3.33. The molecule has 0 aliphatic carbocycles. The van der Waals surface area contributed by atoms with Crippen molar-refractivity contribution in [3.8, 4) is 0 Å². The minimum Gasteiger partial charge on any atom is -0.342 e. The molecule has 0 N–H and O–H groups in total. The molecule has 3 saturated heterocycles. The van der Waals surface area contributed by atoms with Crippen molar-refractivity contribution < 1.29 is 9.59 Å². The smallest absolute Gasteiger partial charge is 0.241 e. The monoisotopic (exact) mass is 362 g/mol. The Bertz CT molecular complexity index is 644. The van der Waals surface area contributed by atoms with Gasteiger partial charge in [-0.2, -0.15) is 11.3 Å². The lowest BCUT2D eigenvalue weighted by Gasteiger charge is -2.46. The SMILES string of the molecule is CN1CC(=O)N(c2ccsc2)CC12CCN(CC(=O)N1CCCC1)C2. The first-order chi connectivity index (χ1) is 12.1. The first-order valence-corrected chi connectivity index (χ1v) is 10.1. The Kier molecular flexibility index (Phi) is 4.56. The molecule has 4 rings (SSSR count). The summed E-state index contributed by atoms with van der Waals surface area (Å²) in [6.07, 6.45) is 3.27. The van der Waals surface area contributed by atoms with Crippen molar-refractivity contribution in [2.75, 3.05) is 57.8 Å². The van der Waals surface area contributed by atoms with Crippen LogP contribution in [-0.2, 0) is 9.59 Å². The molecule has 6 nitrogen and oxygen atoms in total. The topological polar surface area (TPSA) is 47.1 Å². The van der Waals surface area contributed by atoms with Crippen LogP contribution >= 0.6 is 11.3 Å². The maximum atomic E-state index is 12.5. The second kappa shape index (κ2) is 6.70. The van der Waals surface area contributed by atoms with Crippen LogP contribution in [0, 0.1) is 0 Å². The molecular weight excluding hydrogens is 336 g/mol. The second-order valence-electron chi connectivity index (χ2n) is 7.59. The van der Waals surface area contributed by atoms with E-state index in [0.29, 0.717) is 19.6 Å². The van der Waals surface area contributed by atoms with Gasteiger partial charge in [0.1, 0.15) is 0 Å². The lowest BCUT2D eigenvalue weighted by molar-refractivity contribution is -0.131. The standard InChI is InChI=1S/C18H26N4O2S/c1-19-10-17(24)22(15-4-9-25-12-15)14-18(19)5-8-20(13-18)11-16(23)21-6-2-3-7-21/h4,9,12H,2-3,5-8,10-11,13-14H2,1H3. The van der Waals surface area contributed by atoms with Crippen LogP contribution in [0.25, 0.3) is 0 Å². The Balaban J connectivity index is 1.44. The molecule has 1 aromatic rings. The highest BCUT2D eigenvalue weighted by atomic mass is 32.1. The van der Waals surface area contributed by atoms with E-state index in [1.807, 2.05) is 26.6 Å². The van der Waals surface area contributed by atoms with Gasteiger partial charge in [-0.15, -0.1) is 0 Å². The lowest BCUT2D eigenvalue weighted by Crippen LogP contribution is -2.64. The quantitative estimate of drug-likeness (QED) is 0.808. The van der Waals surface area contributed by atoms with E-state index in [1.54, 1.807) is 11.3 Å². The summed E-state index contributed by atoms with van der Waals surface area (Å²) in [7, 11) is 2.05. The van der Waals surface area contributed by atoms with Crippen molar-refractivity contribution in [3.63, 3.8) is 0 Å². The van der Waals surface area contributed by atoms with Crippen molar-refractivity contribution in [2.24, 2.45) is 0 Å². The predicted octanol–water partition coefficient (Wildman–Crippen LogP) is 1.09. The normalized spacial score (nSPS) is 28.4. The van der Waals surface area contributed by atoms with Crippen LogP contribution in [0.5, 0.6) is 0 Å². The number of carbonyl (C=O) groups is 2. The van der Waals surface area contributed by atoms with E-state index < -0.39 is 0 Å². The summed E-state index contributed by atoms with van der Waals surface area (Å²) in [5, 5.41) is 4.06. The van der Waals surface area contributed by atoms with E-state index in [0.717, 1.165) is 51.1 Å². The third-order valence-electron chi connectivity index (χ3n) is 5.98. The fourth-order valence-corrected chi connectivity index (χ4v) is 5.02. The number of rotatable bonds is 3. The Hall–Kier alpha value is -1.44. The highest BCUT2D eigenvalue weighted by molar-refractivity contribution is 7.08. The molecule has 1 atom stereocenters. The van der Waals surface area contributed by atoms with Gasteiger partial charge in [-0.05, 0) is 37.8 Å². The lowest BCUT2D eigenvalue weighted by atomic mass is 9.93. The van der Waals surface area contributed by atoms with E-state index in [4.69, 9.17) is 0 Å². The number of carbonyl (C=O) groups excluding carboxylic acids is 2. The Morgan fingerprint density at radius 3 is 2.76 bits per heavy atom. The van der Waals surface area contributed by atoms with Gasteiger partial charge in [-0.25, -0.2) is 0 Å². The van der Waals surface area contributed by atoms with Crippen LogP contribution in [0.1, 0.15) is 19.3 Å². The molecule has 25 heavy (non-hydrogen) atoms. The van der Waals surface area contributed by atoms with Crippen molar-refractivity contribution in [2.45, 2.75) is 24.8 Å². The second-order valence-corrected chi connectivity index (χ2v) is 8.37. The summed E-state index contributed by atoms with van der Waals surface area (Å²) in [4.78, 5) is 33.4. The summed E-state index contributed by atoms with van der Waals surface area (Å²) in [5.41, 5.74) is 0.968. The molecule has 2 amide bonds. The third kappa shape index (κ3) is 3.20. The maximum absolute atomic E-state index is 12.5. The minimum absolute atomic E-state index is 0.0405. The van der Waals surface area contributed by atoms with E-state index in [-0.39, 0.29) is 17.4 Å². The Morgan fingerprint density at radius 1 is 1.24 bits per heavy atom. The first-order valence-electron chi connectivity index (χ1n) is 9.11. The van der Waals surface area contributed by atoms with E-state index >= 15 is 0 Å². The largest absolute Gasteiger partial charge is 0.342 e. The number of nitrogens with zero attached hydrogens (tertiary/aromatic N) is 4. The number of piperazine rings is 1. The molecule has 1 unspecified atom stereocenters. The van der Waals surface area contributed by atoms with Crippen LogP contribution < -0.4 is 4.90 Å². The number of likely N-dealkylation sites (N-methyl/N-ethyl adjacent to an activating group) is 1. The van der Waals surface area contributed by atoms with E-state index in [9.17, 15) is 9.59 Å². The maximum Gasteiger partial charge on any atom is 0.241 e. The van der Waals surface area contributed by atoms with Gasteiger partial charge >= 0.3 is 0 Å². The molecule has 0 aromatic carbocycles. The van der Waals surface area contributed by atoms with E-state index in [1.165, 1.54) is 0 Å². The van der Waals surface area contributed by atoms with Crippen LogP contribution in [-0.4, -0.2) is 84.9 Å². The number of thiophene rings is 1. The van der Waals surface area contributed by atoms with Crippen LogP contribution in [0.4, 0.5) is 5.69 Å². The zero-order chi connectivity index (χ0) is 17.4. The molecule has 7 heteroatoms. The molecular formula is C18H26N4O2S. The highest BCUT2D eigenvalue weighted by Crippen LogP contribution is 2.34. The number of hydrogen-bond acceptors (Lipinski definition) is 5. The summed E-state index contributed by atoms with van der Waals surface area (Å²) in [6, 6.07) is 2.02. The van der Waals surface area contributed by atoms with Crippen molar-refractivity contribution >= 4 is 28.8 Å². The van der Waals surface area contributed by atoms with Gasteiger partial charge in [0.25, 0.3) is 0 Å². The molecule has 0 bridgehead atoms.